The molecule has 0 saturated heterocycles. The van der Waals surface area contributed by atoms with Gasteiger partial charge in [0.1, 0.15) is 23.9 Å². The van der Waals surface area contributed by atoms with Crippen LogP contribution in [0.3, 0.4) is 0 Å². The molecular weight excluding hydrogens is 378 g/mol. The molecule has 0 spiro atoms. The van der Waals surface area contributed by atoms with E-state index >= 15 is 0 Å². The van der Waals surface area contributed by atoms with Gasteiger partial charge in [-0.2, -0.15) is 0 Å². The number of methoxy groups -OCH3 is 1. The maximum absolute atomic E-state index is 12.8. The number of ether oxygens (including phenoxy) is 2. The van der Waals surface area contributed by atoms with Crippen LogP contribution in [0.25, 0.3) is 10.8 Å². The molecule has 0 aliphatic heterocycles. The van der Waals surface area contributed by atoms with Crippen molar-refractivity contribution in [1.82, 2.24) is 4.90 Å². The van der Waals surface area contributed by atoms with E-state index in [-0.39, 0.29) is 12.5 Å². The fraction of sp³-hybridized carbons (Fsp3) is 0.160. The van der Waals surface area contributed by atoms with Gasteiger partial charge < -0.3 is 18.8 Å². The zero-order valence-corrected chi connectivity index (χ0v) is 17.0. The van der Waals surface area contributed by atoms with E-state index in [2.05, 4.69) is 6.07 Å². The van der Waals surface area contributed by atoms with Gasteiger partial charge in [-0.1, -0.05) is 36.4 Å². The van der Waals surface area contributed by atoms with Crippen LogP contribution in [0.5, 0.6) is 11.5 Å². The Hall–Kier alpha value is -3.73. The number of hydrogen-bond donors (Lipinski definition) is 0. The maximum Gasteiger partial charge on any atom is 0.289 e. The van der Waals surface area contributed by atoms with Crippen LogP contribution in [0.2, 0.25) is 0 Å². The molecule has 1 aromatic heterocycles. The third kappa shape index (κ3) is 4.46. The van der Waals surface area contributed by atoms with Crippen molar-refractivity contribution in [3.63, 3.8) is 0 Å². The molecule has 0 atom stereocenters. The first-order valence-corrected chi connectivity index (χ1v) is 9.71. The second-order valence-corrected chi connectivity index (χ2v) is 7.08. The minimum atomic E-state index is -0.171. The zero-order chi connectivity index (χ0) is 20.9. The number of nitrogens with zero attached hydrogens (tertiary/aromatic N) is 1. The number of hydrogen-bond acceptors (Lipinski definition) is 4. The first-order valence-electron chi connectivity index (χ1n) is 9.71. The number of benzene rings is 3. The lowest BCUT2D eigenvalue weighted by molar-refractivity contribution is 0.0749. The topological polar surface area (TPSA) is 51.9 Å². The second kappa shape index (κ2) is 8.74. The largest absolute Gasteiger partial charge is 0.497 e. The van der Waals surface area contributed by atoms with E-state index in [0.717, 1.165) is 27.8 Å². The highest BCUT2D eigenvalue weighted by Gasteiger charge is 2.17. The molecule has 0 radical (unpaired) electrons. The van der Waals surface area contributed by atoms with Crippen LogP contribution >= 0.6 is 0 Å². The van der Waals surface area contributed by atoms with Crippen LogP contribution in [0.1, 0.15) is 21.9 Å². The molecular formula is C25H23NO4. The molecule has 0 aliphatic carbocycles. The Morgan fingerprint density at radius 2 is 1.67 bits per heavy atom. The molecule has 5 heteroatoms. The molecule has 0 fully saturated rings. The number of carbonyl (C=O) groups is 1. The quantitative estimate of drug-likeness (QED) is 0.422. The average Bonchev–Trinajstić information content (AvgIpc) is 3.26. The van der Waals surface area contributed by atoms with Crippen molar-refractivity contribution in [2.75, 3.05) is 14.2 Å². The molecule has 0 unspecified atom stereocenters. The summed E-state index contributed by atoms with van der Waals surface area (Å²) < 4.78 is 16.6. The van der Waals surface area contributed by atoms with Crippen LogP contribution in [0.4, 0.5) is 0 Å². The molecule has 0 saturated carbocycles. The van der Waals surface area contributed by atoms with Crippen molar-refractivity contribution in [3.8, 4) is 11.5 Å². The summed E-state index contributed by atoms with van der Waals surface area (Å²) in [6.45, 7) is 0.756. The summed E-state index contributed by atoms with van der Waals surface area (Å²) in [7, 11) is 3.42. The Bertz CT molecular complexity index is 1150. The molecule has 1 heterocycles. The van der Waals surface area contributed by atoms with E-state index in [1.807, 2.05) is 60.7 Å². The summed E-state index contributed by atoms with van der Waals surface area (Å²) in [6.07, 6.45) is 0. The van der Waals surface area contributed by atoms with Crippen molar-refractivity contribution in [3.05, 3.63) is 95.9 Å². The first-order chi connectivity index (χ1) is 14.6. The Morgan fingerprint density at radius 3 is 2.47 bits per heavy atom. The van der Waals surface area contributed by atoms with Gasteiger partial charge in [-0.15, -0.1) is 0 Å². The van der Waals surface area contributed by atoms with Gasteiger partial charge >= 0.3 is 0 Å². The number of rotatable bonds is 7. The van der Waals surface area contributed by atoms with Gasteiger partial charge in [-0.25, -0.2) is 0 Å². The van der Waals surface area contributed by atoms with Crippen LogP contribution in [-0.2, 0) is 13.2 Å². The van der Waals surface area contributed by atoms with E-state index in [4.69, 9.17) is 13.9 Å². The molecule has 1 amide bonds. The van der Waals surface area contributed by atoms with E-state index in [1.165, 1.54) is 0 Å². The Balaban J connectivity index is 1.40. The van der Waals surface area contributed by atoms with E-state index in [1.54, 1.807) is 31.2 Å². The fourth-order valence-corrected chi connectivity index (χ4v) is 3.27. The smallest absolute Gasteiger partial charge is 0.289 e. The molecule has 0 N–H and O–H groups in total. The minimum Gasteiger partial charge on any atom is -0.497 e. The third-order valence-electron chi connectivity index (χ3n) is 4.87. The highest BCUT2D eigenvalue weighted by atomic mass is 16.5. The van der Waals surface area contributed by atoms with Crippen LogP contribution < -0.4 is 9.47 Å². The van der Waals surface area contributed by atoms with Crippen LogP contribution in [0.15, 0.2) is 83.3 Å². The van der Waals surface area contributed by atoms with Crippen LogP contribution in [0, 0.1) is 0 Å². The van der Waals surface area contributed by atoms with Crippen molar-refractivity contribution in [2.24, 2.45) is 0 Å². The number of carbonyl (C=O) groups excluding carboxylic acids is 1. The van der Waals surface area contributed by atoms with Gasteiger partial charge in [0.15, 0.2) is 5.76 Å². The summed E-state index contributed by atoms with van der Waals surface area (Å²) in [5.74, 6) is 2.32. The summed E-state index contributed by atoms with van der Waals surface area (Å²) in [4.78, 5) is 14.4. The average molecular weight is 401 g/mol. The van der Waals surface area contributed by atoms with Crippen molar-refractivity contribution in [2.45, 2.75) is 13.2 Å². The highest BCUT2D eigenvalue weighted by molar-refractivity contribution is 5.91. The monoisotopic (exact) mass is 401 g/mol. The van der Waals surface area contributed by atoms with E-state index in [9.17, 15) is 4.79 Å². The van der Waals surface area contributed by atoms with Gasteiger partial charge in [0, 0.05) is 13.6 Å². The minimum absolute atomic E-state index is 0.171. The molecule has 152 valence electrons. The normalized spacial score (nSPS) is 10.7. The summed E-state index contributed by atoms with van der Waals surface area (Å²) in [5.41, 5.74) is 1.04. The maximum atomic E-state index is 12.8. The Morgan fingerprint density at radius 1 is 0.900 bits per heavy atom. The molecule has 4 aromatic rings. The van der Waals surface area contributed by atoms with Gasteiger partial charge in [-0.05, 0) is 58.8 Å². The standard InChI is InChI=1S/C25H23NO4/c1-26(16-18-8-9-20-15-22(28-2)11-10-19(20)14-18)25(27)24-13-12-23(30-24)17-29-21-6-4-3-5-7-21/h3-15H,16-17H2,1-2H3. The summed E-state index contributed by atoms with van der Waals surface area (Å²) in [6, 6.07) is 25.1. The number of furan rings is 1. The van der Waals surface area contributed by atoms with Crippen molar-refractivity contribution in [1.29, 1.82) is 0 Å². The molecule has 3 aromatic carbocycles. The zero-order valence-electron chi connectivity index (χ0n) is 17.0. The lowest BCUT2D eigenvalue weighted by Crippen LogP contribution is -2.25. The lowest BCUT2D eigenvalue weighted by atomic mass is 10.1. The molecule has 4 rings (SSSR count). The highest BCUT2D eigenvalue weighted by Crippen LogP contribution is 2.23. The SMILES string of the molecule is COc1ccc2cc(CN(C)C(=O)c3ccc(COc4ccccc4)o3)ccc2c1. The van der Waals surface area contributed by atoms with E-state index in [0.29, 0.717) is 18.1 Å². The summed E-state index contributed by atoms with van der Waals surface area (Å²) in [5, 5.41) is 2.20. The van der Waals surface area contributed by atoms with Crippen LogP contribution in [-0.4, -0.2) is 25.0 Å². The fourth-order valence-electron chi connectivity index (χ4n) is 3.27. The predicted molar refractivity (Wildman–Crippen MR) is 116 cm³/mol. The molecule has 0 aliphatic rings. The number of amides is 1. The Labute approximate surface area is 175 Å². The predicted octanol–water partition coefficient (Wildman–Crippen LogP) is 5.29. The third-order valence-corrected chi connectivity index (χ3v) is 4.87. The number of para-hydroxylation sites is 1. The second-order valence-electron chi connectivity index (χ2n) is 7.08. The van der Waals surface area contributed by atoms with Gasteiger partial charge in [0.2, 0.25) is 0 Å². The lowest BCUT2D eigenvalue weighted by Gasteiger charge is -2.16. The number of fused-ring (bicyclic) bond motifs is 1. The Kier molecular flexibility index (Phi) is 5.70. The van der Waals surface area contributed by atoms with E-state index < -0.39 is 0 Å². The van der Waals surface area contributed by atoms with Crippen molar-refractivity contribution >= 4 is 16.7 Å². The van der Waals surface area contributed by atoms with Gasteiger partial charge in [0.05, 0.1) is 7.11 Å². The molecule has 30 heavy (non-hydrogen) atoms. The van der Waals surface area contributed by atoms with Gasteiger partial charge in [0.25, 0.3) is 5.91 Å². The molecule has 0 bridgehead atoms. The first kappa shape index (κ1) is 19.6. The van der Waals surface area contributed by atoms with Crippen molar-refractivity contribution < 1.29 is 18.7 Å². The molecule has 5 nitrogen and oxygen atoms in total. The summed E-state index contributed by atoms with van der Waals surface area (Å²) >= 11 is 0. The van der Waals surface area contributed by atoms with Gasteiger partial charge in [-0.3, -0.25) is 4.79 Å².